The van der Waals surface area contributed by atoms with Crippen LogP contribution in [-0.2, 0) is 0 Å². The number of aromatic hydroxyl groups is 1. The van der Waals surface area contributed by atoms with Gasteiger partial charge in [-0.1, -0.05) is 0 Å². The average molecular weight is 195 g/mol. The van der Waals surface area contributed by atoms with Crippen molar-refractivity contribution in [2.45, 2.75) is 0 Å². The van der Waals surface area contributed by atoms with E-state index in [-0.39, 0.29) is 10.6 Å². The molecule has 13 heavy (non-hydrogen) atoms. The molecule has 0 aliphatic rings. The second-order valence-corrected chi connectivity index (χ2v) is 3.44. The SMILES string of the molecule is O=C(O)c1sc2ncccc2c1O. The van der Waals surface area contributed by atoms with E-state index in [0.717, 1.165) is 11.3 Å². The lowest BCUT2D eigenvalue weighted by atomic mass is 10.3. The lowest BCUT2D eigenvalue weighted by molar-refractivity contribution is 0.0699. The number of carboxylic acid groups (broad SMARTS) is 1. The van der Waals surface area contributed by atoms with Crippen LogP contribution in [0.15, 0.2) is 18.3 Å². The van der Waals surface area contributed by atoms with Crippen LogP contribution < -0.4 is 0 Å². The van der Waals surface area contributed by atoms with Gasteiger partial charge in [0.2, 0.25) is 0 Å². The molecule has 0 aromatic carbocycles. The molecule has 0 bridgehead atoms. The maximum absolute atomic E-state index is 10.6. The number of hydrogen-bond acceptors (Lipinski definition) is 4. The summed E-state index contributed by atoms with van der Waals surface area (Å²) in [7, 11) is 0. The molecule has 2 aromatic rings. The average Bonchev–Trinajstić information content (AvgIpc) is 2.45. The predicted molar refractivity (Wildman–Crippen MR) is 48.2 cm³/mol. The van der Waals surface area contributed by atoms with Gasteiger partial charge in [-0.3, -0.25) is 0 Å². The van der Waals surface area contributed by atoms with Gasteiger partial charge in [-0.25, -0.2) is 9.78 Å². The first-order chi connectivity index (χ1) is 6.20. The van der Waals surface area contributed by atoms with E-state index in [0.29, 0.717) is 10.2 Å². The Morgan fingerprint density at radius 1 is 1.54 bits per heavy atom. The monoisotopic (exact) mass is 195 g/mol. The molecule has 0 fully saturated rings. The zero-order chi connectivity index (χ0) is 9.42. The first-order valence-electron chi connectivity index (χ1n) is 3.50. The number of aromatic nitrogens is 1. The first kappa shape index (κ1) is 8.00. The number of nitrogens with zero attached hydrogens (tertiary/aromatic N) is 1. The van der Waals surface area contributed by atoms with Gasteiger partial charge in [-0.2, -0.15) is 0 Å². The van der Waals surface area contributed by atoms with Crippen LogP contribution in [-0.4, -0.2) is 21.2 Å². The van der Waals surface area contributed by atoms with Gasteiger partial charge in [0.05, 0.1) is 5.39 Å². The smallest absolute Gasteiger partial charge is 0.349 e. The van der Waals surface area contributed by atoms with Crippen molar-refractivity contribution in [3.63, 3.8) is 0 Å². The number of carbonyl (C=O) groups is 1. The van der Waals surface area contributed by atoms with Gasteiger partial charge in [0, 0.05) is 6.20 Å². The molecule has 2 rings (SSSR count). The molecule has 0 amide bonds. The Balaban J connectivity index is 2.81. The summed E-state index contributed by atoms with van der Waals surface area (Å²) in [6.07, 6.45) is 1.56. The van der Waals surface area contributed by atoms with Crippen molar-refractivity contribution < 1.29 is 15.0 Å². The fourth-order valence-electron chi connectivity index (χ4n) is 1.06. The number of fused-ring (bicyclic) bond motifs is 1. The zero-order valence-corrected chi connectivity index (χ0v) is 7.21. The van der Waals surface area contributed by atoms with Crippen LogP contribution in [0.1, 0.15) is 9.67 Å². The highest BCUT2D eigenvalue weighted by atomic mass is 32.1. The number of aromatic carboxylic acids is 1. The number of thiophene rings is 1. The normalized spacial score (nSPS) is 10.5. The highest BCUT2D eigenvalue weighted by molar-refractivity contribution is 7.20. The van der Waals surface area contributed by atoms with Crippen molar-refractivity contribution in [2.75, 3.05) is 0 Å². The summed E-state index contributed by atoms with van der Waals surface area (Å²) in [6, 6.07) is 3.29. The largest absolute Gasteiger partial charge is 0.505 e. The highest BCUT2D eigenvalue weighted by Crippen LogP contribution is 2.34. The molecule has 0 atom stereocenters. The molecular weight excluding hydrogens is 190 g/mol. The molecule has 2 heterocycles. The minimum absolute atomic E-state index is 0.0614. The Labute approximate surface area is 77.1 Å². The van der Waals surface area contributed by atoms with Gasteiger partial charge >= 0.3 is 5.97 Å². The minimum Gasteiger partial charge on any atom is -0.505 e. The summed E-state index contributed by atoms with van der Waals surface area (Å²) in [5, 5.41) is 18.6. The molecule has 66 valence electrons. The predicted octanol–water partition coefficient (Wildman–Crippen LogP) is 1.70. The number of carboxylic acids is 1. The number of pyridine rings is 1. The van der Waals surface area contributed by atoms with Crippen LogP contribution in [0.4, 0.5) is 0 Å². The first-order valence-corrected chi connectivity index (χ1v) is 4.31. The van der Waals surface area contributed by atoms with Gasteiger partial charge in [0.1, 0.15) is 4.83 Å². The second-order valence-electron chi connectivity index (χ2n) is 2.44. The molecule has 0 saturated carbocycles. The Morgan fingerprint density at radius 3 is 2.92 bits per heavy atom. The van der Waals surface area contributed by atoms with Crippen molar-refractivity contribution in [1.82, 2.24) is 4.98 Å². The molecule has 0 aliphatic carbocycles. The van der Waals surface area contributed by atoms with Crippen molar-refractivity contribution in [1.29, 1.82) is 0 Å². The summed E-state index contributed by atoms with van der Waals surface area (Å²) in [4.78, 5) is 15.0. The maximum Gasteiger partial charge on any atom is 0.349 e. The summed E-state index contributed by atoms with van der Waals surface area (Å²) in [6.45, 7) is 0. The lowest BCUT2D eigenvalue weighted by Crippen LogP contribution is -1.90. The number of rotatable bonds is 1. The van der Waals surface area contributed by atoms with E-state index in [1.165, 1.54) is 0 Å². The van der Waals surface area contributed by atoms with Gasteiger partial charge in [-0.15, -0.1) is 11.3 Å². The van der Waals surface area contributed by atoms with Gasteiger partial charge < -0.3 is 10.2 Å². The third-order valence-corrected chi connectivity index (χ3v) is 2.73. The molecule has 2 aromatic heterocycles. The van der Waals surface area contributed by atoms with Crippen LogP contribution in [0.25, 0.3) is 10.2 Å². The van der Waals surface area contributed by atoms with E-state index in [4.69, 9.17) is 5.11 Å². The van der Waals surface area contributed by atoms with E-state index in [2.05, 4.69) is 4.98 Å². The van der Waals surface area contributed by atoms with Crippen LogP contribution in [0.3, 0.4) is 0 Å². The Hall–Kier alpha value is -1.62. The summed E-state index contributed by atoms with van der Waals surface area (Å²) in [5.74, 6) is -1.32. The zero-order valence-electron chi connectivity index (χ0n) is 6.39. The van der Waals surface area contributed by atoms with Gasteiger partial charge in [0.25, 0.3) is 0 Å². The Bertz CT molecular complexity index is 477. The van der Waals surface area contributed by atoms with Crippen LogP contribution in [0.5, 0.6) is 5.75 Å². The van der Waals surface area contributed by atoms with E-state index in [9.17, 15) is 9.90 Å². The lowest BCUT2D eigenvalue weighted by Gasteiger charge is -1.88. The van der Waals surface area contributed by atoms with Crippen LogP contribution in [0.2, 0.25) is 0 Å². The summed E-state index contributed by atoms with van der Waals surface area (Å²) in [5.41, 5.74) is 0. The van der Waals surface area contributed by atoms with Crippen LogP contribution in [0, 0.1) is 0 Å². The van der Waals surface area contributed by atoms with E-state index in [1.54, 1.807) is 18.3 Å². The number of hydrogen-bond donors (Lipinski definition) is 2. The topological polar surface area (TPSA) is 70.4 Å². The maximum atomic E-state index is 10.6. The molecule has 0 saturated heterocycles. The molecule has 2 N–H and O–H groups in total. The molecule has 5 heteroatoms. The fourth-order valence-corrected chi connectivity index (χ4v) is 1.94. The molecule has 0 spiro atoms. The molecule has 0 aliphatic heterocycles. The molecule has 0 unspecified atom stereocenters. The summed E-state index contributed by atoms with van der Waals surface area (Å²) >= 11 is 0.971. The molecule has 0 radical (unpaired) electrons. The van der Waals surface area contributed by atoms with Crippen molar-refractivity contribution in [3.05, 3.63) is 23.2 Å². The fraction of sp³-hybridized carbons (Fsp3) is 0. The van der Waals surface area contributed by atoms with Gasteiger partial charge in [-0.05, 0) is 12.1 Å². The van der Waals surface area contributed by atoms with Crippen molar-refractivity contribution >= 4 is 27.5 Å². The second kappa shape index (κ2) is 2.70. The molecular formula is C8H5NO3S. The van der Waals surface area contributed by atoms with E-state index < -0.39 is 5.97 Å². The Morgan fingerprint density at radius 2 is 2.31 bits per heavy atom. The summed E-state index contributed by atoms with van der Waals surface area (Å²) < 4.78 is 0. The third-order valence-electron chi connectivity index (χ3n) is 1.63. The van der Waals surface area contributed by atoms with E-state index >= 15 is 0 Å². The minimum atomic E-state index is -1.12. The quantitative estimate of drug-likeness (QED) is 0.726. The highest BCUT2D eigenvalue weighted by Gasteiger charge is 2.16. The molecule has 4 nitrogen and oxygen atoms in total. The third kappa shape index (κ3) is 1.13. The van der Waals surface area contributed by atoms with Crippen molar-refractivity contribution in [2.24, 2.45) is 0 Å². The van der Waals surface area contributed by atoms with Gasteiger partial charge in [0.15, 0.2) is 10.6 Å². The Kier molecular flexibility index (Phi) is 1.66. The van der Waals surface area contributed by atoms with E-state index in [1.807, 2.05) is 0 Å². The standard InChI is InChI=1S/C8H5NO3S/c10-5-4-2-1-3-9-7(4)13-6(5)8(11)12/h1-3,10H,(H,11,12). The van der Waals surface area contributed by atoms with Crippen molar-refractivity contribution in [3.8, 4) is 5.75 Å². The van der Waals surface area contributed by atoms with Crippen LogP contribution >= 0.6 is 11.3 Å².